The van der Waals surface area contributed by atoms with Gasteiger partial charge >= 0.3 is 0 Å². The van der Waals surface area contributed by atoms with Crippen LogP contribution in [0.2, 0.25) is 0 Å². The van der Waals surface area contributed by atoms with Crippen molar-refractivity contribution < 1.29 is 0 Å². The van der Waals surface area contributed by atoms with Crippen molar-refractivity contribution in [1.82, 2.24) is 0 Å². The van der Waals surface area contributed by atoms with E-state index in [9.17, 15) is 0 Å². The summed E-state index contributed by atoms with van der Waals surface area (Å²) in [7, 11) is 0. The molecule has 0 saturated carbocycles. The van der Waals surface area contributed by atoms with E-state index in [1.165, 1.54) is 44.5 Å². The second-order valence-corrected chi connectivity index (χ2v) is 11.3. The molecule has 0 radical (unpaired) electrons. The van der Waals surface area contributed by atoms with Crippen LogP contribution in [0.25, 0.3) is 11.1 Å². The average Bonchev–Trinajstić information content (AvgIpc) is 3.20. The van der Waals surface area contributed by atoms with Crippen LogP contribution in [0.3, 0.4) is 0 Å². The molecule has 0 aliphatic heterocycles. The Morgan fingerprint density at radius 2 is 1.09 bits per heavy atom. The van der Waals surface area contributed by atoms with E-state index in [0.29, 0.717) is 0 Å². The molecule has 0 aromatic heterocycles. The summed E-state index contributed by atoms with van der Waals surface area (Å²) in [6, 6.07) is 18.0. The maximum atomic E-state index is 4.18. The van der Waals surface area contributed by atoms with Crippen molar-refractivity contribution in [2.24, 2.45) is 10.8 Å². The normalized spacial score (nSPS) is 18.5. The molecule has 2 aliphatic rings. The van der Waals surface area contributed by atoms with Crippen LogP contribution >= 0.6 is 0 Å². The molecule has 0 spiro atoms. The monoisotopic (exact) mass is 460 g/mol. The van der Waals surface area contributed by atoms with Crippen molar-refractivity contribution in [3.63, 3.8) is 0 Å². The number of allylic oxidation sites excluding steroid dienone is 10. The minimum absolute atomic E-state index is 0.0247. The molecule has 2 aromatic carbocycles. The molecular weight excluding hydrogens is 420 g/mol. The molecule has 180 valence electrons. The lowest BCUT2D eigenvalue weighted by Crippen LogP contribution is -2.34. The second-order valence-electron chi connectivity index (χ2n) is 11.3. The van der Waals surface area contributed by atoms with Crippen molar-refractivity contribution in [2.75, 3.05) is 0 Å². The first-order chi connectivity index (χ1) is 16.7. The van der Waals surface area contributed by atoms with Crippen LogP contribution in [-0.2, 0) is 5.41 Å². The summed E-state index contributed by atoms with van der Waals surface area (Å²) in [5.41, 5.74) is 10.7. The number of rotatable bonds is 8. The lowest BCUT2D eigenvalue weighted by Gasteiger charge is -2.42. The fraction of sp³-hybridized carbons (Fsp3) is 0.314. The highest BCUT2D eigenvalue weighted by Gasteiger charge is 2.47. The van der Waals surface area contributed by atoms with E-state index in [4.69, 9.17) is 0 Å². The van der Waals surface area contributed by atoms with Crippen LogP contribution in [0.4, 0.5) is 0 Å². The van der Waals surface area contributed by atoms with Gasteiger partial charge in [-0.2, -0.15) is 0 Å². The Labute approximate surface area is 213 Å². The Kier molecular flexibility index (Phi) is 6.54. The summed E-state index contributed by atoms with van der Waals surface area (Å²) in [5, 5.41) is 0. The van der Waals surface area contributed by atoms with Crippen molar-refractivity contribution in [3.05, 3.63) is 132 Å². The third-order valence-corrected chi connectivity index (χ3v) is 8.13. The van der Waals surface area contributed by atoms with Gasteiger partial charge in [-0.05, 0) is 76.7 Å². The van der Waals surface area contributed by atoms with E-state index in [0.717, 1.165) is 12.8 Å². The summed E-state index contributed by atoms with van der Waals surface area (Å²) >= 11 is 0. The summed E-state index contributed by atoms with van der Waals surface area (Å²) in [5.74, 6) is 0. The molecule has 0 nitrogen and oxygen atoms in total. The molecule has 2 aliphatic carbocycles. The van der Waals surface area contributed by atoms with Crippen molar-refractivity contribution in [2.45, 2.75) is 59.8 Å². The van der Waals surface area contributed by atoms with Gasteiger partial charge in [-0.15, -0.1) is 0 Å². The minimum Gasteiger partial charge on any atom is -0.0984 e. The Bertz CT molecular complexity index is 1200. The largest absolute Gasteiger partial charge is 0.0984 e. The highest BCUT2D eigenvalue weighted by atomic mass is 14.5. The molecule has 0 unspecified atom stereocenters. The minimum atomic E-state index is -0.121. The number of hydrogen-bond acceptors (Lipinski definition) is 0. The van der Waals surface area contributed by atoms with Gasteiger partial charge in [-0.1, -0.05) is 126 Å². The van der Waals surface area contributed by atoms with Crippen LogP contribution in [0, 0.1) is 10.8 Å². The first kappa shape index (κ1) is 25.0. The summed E-state index contributed by atoms with van der Waals surface area (Å²) in [6.07, 6.45) is 15.0. The predicted octanol–water partition coefficient (Wildman–Crippen LogP) is 9.92. The number of benzene rings is 2. The molecule has 0 heterocycles. The Hall–Kier alpha value is -3.12. The van der Waals surface area contributed by atoms with Gasteiger partial charge in [0, 0.05) is 10.8 Å². The van der Waals surface area contributed by atoms with Gasteiger partial charge in [-0.3, -0.25) is 0 Å². The molecule has 0 bridgehead atoms. The Morgan fingerprint density at radius 1 is 0.686 bits per heavy atom. The molecule has 0 N–H and O–H groups in total. The second kappa shape index (κ2) is 9.15. The lowest BCUT2D eigenvalue weighted by atomic mass is 9.61. The Balaban J connectivity index is 1.81. The maximum absolute atomic E-state index is 4.18. The van der Waals surface area contributed by atoms with E-state index in [1.54, 1.807) is 0 Å². The standard InChI is InChI=1S/C35H40/c1-9-17-29-25(11-3)26(12-4)30(18-10-2)34(29,7)23-33(5,6)24-35(8)31-21-15-13-19-27(31)28-20-14-16-22-32(28)35/h9-22H,3-4,23-24H2,1-2,5-8H3/b17-9-,18-10-. The molecule has 0 amide bonds. The van der Waals surface area contributed by atoms with Crippen molar-refractivity contribution in [1.29, 1.82) is 0 Å². The maximum Gasteiger partial charge on any atom is 0.0192 e. The third kappa shape index (κ3) is 3.94. The predicted molar refractivity (Wildman–Crippen MR) is 154 cm³/mol. The van der Waals surface area contributed by atoms with Gasteiger partial charge in [0.05, 0.1) is 0 Å². The van der Waals surface area contributed by atoms with Gasteiger partial charge in [-0.25, -0.2) is 0 Å². The van der Waals surface area contributed by atoms with Gasteiger partial charge < -0.3 is 0 Å². The van der Waals surface area contributed by atoms with E-state index in [-0.39, 0.29) is 16.2 Å². The Morgan fingerprint density at radius 3 is 1.49 bits per heavy atom. The number of fused-ring (bicyclic) bond motifs is 3. The van der Waals surface area contributed by atoms with Gasteiger partial charge in [0.1, 0.15) is 0 Å². The molecule has 0 fully saturated rings. The van der Waals surface area contributed by atoms with Crippen molar-refractivity contribution >= 4 is 0 Å². The summed E-state index contributed by atoms with van der Waals surface area (Å²) in [4.78, 5) is 0. The van der Waals surface area contributed by atoms with Gasteiger partial charge in [0.25, 0.3) is 0 Å². The molecular formula is C35H40. The summed E-state index contributed by atoms with van der Waals surface area (Å²) < 4.78 is 0. The van der Waals surface area contributed by atoms with Crippen LogP contribution in [0.1, 0.15) is 65.5 Å². The van der Waals surface area contributed by atoms with Crippen molar-refractivity contribution in [3.8, 4) is 11.1 Å². The third-order valence-electron chi connectivity index (χ3n) is 8.13. The fourth-order valence-corrected chi connectivity index (χ4v) is 7.25. The van der Waals surface area contributed by atoms with Crippen LogP contribution in [0.5, 0.6) is 0 Å². The van der Waals surface area contributed by atoms with Gasteiger partial charge in [0.2, 0.25) is 0 Å². The summed E-state index contributed by atoms with van der Waals surface area (Å²) in [6.45, 7) is 22.3. The zero-order valence-electron chi connectivity index (χ0n) is 22.4. The van der Waals surface area contributed by atoms with Gasteiger partial charge in [0.15, 0.2) is 0 Å². The zero-order valence-corrected chi connectivity index (χ0v) is 22.4. The highest BCUT2D eigenvalue weighted by molar-refractivity contribution is 5.80. The quantitative estimate of drug-likeness (QED) is 0.367. The van der Waals surface area contributed by atoms with E-state index < -0.39 is 0 Å². The molecule has 35 heavy (non-hydrogen) atoms. The van der Waals surface area contributed by atoms with Crippen LogP contribution in [-0.4, -0.2) is 0 Å². The molecule has 0 heteroatoms. The first-order valence-corrected chi connectivity index (χ1v) is 12.9. The highest BCUT2D eigenvalue weighted by Crippen LogP contribution is 2.59. The van der Waals surface area contributed by atoms with E-state index in [1.807, 2.05) is 12.2 Å². The smallest absolute Gasteiger partial charge is 0.0192 e. The lowest BCUT2D eigenvalue weighted by molar-refractivity contribution is 0.197. The van der Waals surface area contributed by atoms with E-state index in [2.05, 4.69) is 128 Å². The number of hydrogen-bond donors (Lipinski definition) is 0. The molecule has 0 atom stereocenters. The van der Waals surface area contributed by atoms with E-state index >= 15 is 0 Å². The first-order valence-electron chi connectivity index (χ1n) is 12.9. The molecule has 0 saturated heterocycles. The SMILES string of the molecule is C=CC1=C(/C=C\C)C(C)(CC(C)(C)CC2(C)c3ccccc3-c3ccccc32)C(/C=C\C)=C1C=C. The zero-order chi connectivity index (χ0) is 25.4. The topological polar surface area (TPSA) is 0 Å². The van der Waals surface area contributed by atoms with Crippen LogP contribution < -0.4 is 0 Å². The molecule has 4 rings (SSSR count). The fourth-order valence-electron chi connectivity index (χ4n) is 7.25. The molecule has 2 aromatic rings. The average molecular weight is 461 g/mol. The van der Waals surface area contributed by atoms with Crippen LogP contribution in [0.15, 0.2) is 120 Å².